The van der Waals surface area contributed by atoms with Crippen LogP contribution in [0.15, 0.2) is 85.1 Å². The lowest BCUT2D eigenvalue weighted by Gasteiger charge is -2.28. The Morgan fingerprint density at radius 1 is 0.302 bits per heavy atom. The van der Waals surface area contributed by atoms with E-state index in [9.17, 15) is 19.0 Å². The summed E-state index contributed by atoms with van der Waals surface area (Å²) in [5.74, 6) is -0.809. The summed E-state index contributed by atoms with van der Waals surface area (Å²) < 4.78 is 34.5. The molecular formula is C96H178NO8P. The van der Waals surface area contributed by atoms with Crippen molar-refractivity contribution in [3.05, 3.63) is 85.1 Å². The summed E-state index contributed by atoms with van der Waals surface area (Å²) in [5.41, 5.74) is 0. The number of phosphoric ester groups is 1. The molecule has 0 amide bonds. The zero-order valence-electron chi connectivity index (χ0n) is 71.1. The van der Waals surface area contributed by atoms with Gasteiger partial charge in [0.25, 0.3) is 7.82 Å². The summed E-state index contributed by atoms with van der Waals surface area (Å²) in [7, 11) is 1.19. The van der Waals surface area contributed by atoms with Gasteiger partial charge in [-0.25, -0.2) is 0 Å². The second-order valence-electron chi connectivity index (χ2n) is 32.7. The molecular weight excluding hydrogens is 1330 g/mol. The van der Waals surface area contributed by atoms with Gasteiger partial charge in [-0.2, -0.15) is 0 Å². The molecule has 0 rings (SSSR count). The molecule has 0 aromatic heterocycles. The Labute approximate surface area is 660 Å². The second-order valence-corrected chi connectivity index (χ2v) is 34.1. The molecule has 0 fully saturated rings. The smallest absolute Gasteiger partial charge is 0.306 e. The Balaban J connectivity index is 3.85. The highest BCUT2D eigenvalue weighted by Crippen LogP contribution is 2.38. The molecule has 0 saturated heterocycles. The van der Waals surface area contributed by atoms with Crippen LogP contribution < -0.4 is 4.89 Å². The summed E-state index contributed by atoms with van der Waals surface area (Å²) in [6.07, 6.45) is 121. The maximum Gasteiger partial charge on any atom is 0.306 e. The molecule has 620 valence electrons. The van der Waals surface area contributed by atoms with Crippen LogP contribution in [0.5, 0.6) is 0 Å². The van der Waals surface area contributed by atoms with Crippen molar-refractivity contribution in [3.63, 3.8) is 0 Å². The van der Waals surface area contributed by atoms with E-state index in [1.807, 2.05) is 21.1 Å². The molecule has 9 nitrogen and oxygen atoms in total. The lowest BCUT2D eigenvalue weighted by Crippen LogP contribution is -2.37. The van der Waals surface area contributed by atoms with Crippen LogP contribution in [-0.4, -0.2) is 70.0 Å². The zero-order chi connectivity index (χ0) is 76.8. The molecule has 0 aliphatic carbocycles. The normalized spacial score (nSPS) is 13.3. The number of carbonyl (C=O) groups is 2. The summed E-state index contributed by atoms with van der Waals surface area (Å²) >= 11 is 0. The molecule has 106 heavy (non-hydrogen) atoms. The van der Waals surface area contributed by atoms with Gasteiger partial charge in [-0.05, 0) is 70.6 Å². The zero-order valence-corrected chi connectivity index (χ0v) is 72.0. The monoisotopic (exact) mass is 1500 g/mol. The van der Waals surface area contributed by atoms with E-state index in [0.717, 1.165) is 83.5 Å². The van der Waals surface area contributed by atoms with Crippen molar-refractivity contribution >= 4 is 19.8 Å². The number of allylic oxidation sites excluding steroid dienone is 14. The fourth-order valence-electron chi connectivity index (χ4n) is 13.9. The van der Waals surface area contributed by atoms with Crippen LogP contribution in [0.3, 0.4) is 0 Å². The van der Waals surface area contributed by atoms with E-state index < -0.39 is 26.5 Å². The lowest BCUT2D eigenvalue weighted by atomic mass is 10.0. The Hall–Kier alpha value is -2.81. The molecule has 0 bridgehead atoms. The van der Waals surface area contributed by atoms with Gasteiger partial charge >= 0.3 is 11.9 Å². The van der Waals surface area contributed by atoms with Crippen LogP contribution in [0.2, 0.25) is 0 Å². The number of ether oxygens (including phenoxy) is 2. The quantitative estimate of drug-likeness (QED) is 0.0195. The Kier molecular flexibility index (Phi) is 83.9. The molecule has 2 unspecified atom stereocenters. The molecule has 0 aromatic rings. The van der Waals surface area contributed by atoms with Gasteiger partial charge in [0, 0.05) is 12.8 Å². The van der Waals surface area contributed by atoms with E-state index in [2.05, 4.69) is 98.9 Å². The molecule has 0 aliphatic heterocycles. The maximum atomic E-state index is 12.9. The second kappa shape index (κ2) is 86.2. The summed E-state index contributed by atoms with van der Waals surface area (Å²) in [4.78, 5) is 38.3. The van der Waals surface area contributed by atoms with Crippen molar-refractivity contribution in [2.75, 3.05) is 47.5 Å². The highest BCUT2D eigenvalue weighted by Gasteiger charge is 2.22. The Morgan fingerprint density at radius 2 is 0.538 bits per heavy atom. The average Bonchev–Trinajstić information content (AvgIpc) is 0.908. The molecule has 0 N–H and O–H groups in total. The minimum atomic E-state index is -4.65. The van der Waals surface area contributed by atoms with E-state index in [-0.39, 0.29) is 32.0 Å². The predicted molar refractivity (Wildman–Crippen MR) is 462 cm³/mol. The summed E-state index contributed by atoms with van der Waals surface area (Å²) in [6, 6.07) is 0. The molecule has 2 atom stereocenters. The third-order valence-corrected chi connectivity index (χ3v) is 21.9. The van der Waals surface area contributed by atoms with Crippen molar-refractivity contribution < 1.29 is 42.1 Å². The van der Waals surface area contributed by atoms with Gasteiger partial charge in [-0.1, -0.05) is 465 Å². The van der Waals surface area contributed by atoms with Gasteiger partial charge in [0.15, 0.2) is 6.10 Å². The van der Waals surface area contributed by atoms with Gasteiger partial charge in [0.1, 0.15) is 19.8 Å². The summed E-state index contributed by atoms with van der Waals surface area (Å²) in [5, 5.41) is 0. The highest BCUT2D eigenvalue weighted by molar-refractivity contribution is 7.45. The standard InChI is InChI=1S/C96H178NO8P/c1-6-8-10-12-14-16-18-20-22-24-26-28-30-32-34-36-38-40-42-44-46-48-50-52-54-56-58-60-62-64-66-68-70-72-74-76-78-80-82-84-86-88-95(98)102-92-94(93-104-106(100,101)103-91-90-97(3,4)5)105-96(99)89-87-85-83-81-79-77-75-73-71-69-67-65-63-61-59-57-55-53-51-49-47-45-43-41-39-37-35-33-31-29-27-25-23-21-19-17-15-13-11-9-7-2/h9,11,15,17,21,23,27,29,33,35,39,41,45,47,94H,6-8,10,12-14,16,18-20,22,24-26,28,30-32,34,36-38,40,42-44,46,48-93H2,1-5H3/b11-9-,17-15-,23-21-,29-27-,35-33-,41-39-,47-45-. The van der Waals surface area contributed by atoms with Crippen LogP contribution >= 0.6 is 7.82 Å². The van der Waals surface area contributed by atoms with Crippen LogP contribution in [0.25, 0.3) is 0 Å². The third-order valence-electron chi connectivity index (χ3n) is 20.9. The number of carbonyl (C=O) groups excluding carboxylic acids is 2. The van der Waals surface area contributed by atoms with Crippen LogP contribution in [-0.2, 0) is 32.7 Å². The van der Waals surface area contributed by atoms with Gasteiger partial charge in [0.2, 0.25) is 0 Å². The molecule has 0 radical (unpaired) electrons. The van der Waals surface area contributed by atoms with E-state index in [4.69, 9.17) is 18.5 Å². The van der Waals surface area contributed by atoms with Crippen LogP contribution in [0, 0.1) is 0 Å². The average molecular weight is 1510 g/mol. The largest absolute Gasteiger partial charge is 0.756 e. The molecule has 10 heteroatoms. The molecule has 0 spiro atoms. The first kappa shape index (κ1) is 103. The minimum absolute atomic E-state index is 0.0293. The Bertz CT molecular complexity index is 2070. The predicted octanol–water partition coefficient (Wildman–Crippen LogP) is 30.9. The van der Waals surface area contributed by atoms with Crippen molar-refractivity contribution in [2.24, 2.45) is 0 Å². The molecule has 0 heterocycles. The van der Waals surface area contributed by atoms with Gasteiger partial charge < -0.3 is 27.9 Å². The van der Waals surface area contributed by atoms with Crippen molar-refractivity contribution in [1.82, 2.24) is 0 Å². The molecule has 0 aromatic carbocycles. The first-order chi connectivity index (χ1) is 52.0. The van der Waals surface area contributed by atoms with Crippen LogP contribution in [0.4, 0.5) is 0 Å². The highest BCUT2D eigenvalue weighted by atomic mass is 31.2. The summed E-state index contributed by atoms with van der Waals surface area (Å²) in [6.45, 7) is 4.20. The number of likely N-dealkylation sites (N-methyl/N-ethyl adjacent to an activating group) is 1. The number of nitrogens with zero attached hydrogens (tertiary/aromatic N) is 1. The fourth-order valence-corrected chi connectivity index (χ4v) is 14.7. The lowest BCUT2D eigenvalue weighted by molar-refractivity contribution is -0.870. The number of unbranched alkanes of at least 4 members (excludes halogenated alkanes) is 59. The van der Waals surface area contributed by atoms with Crippen molar-refractivity contribution in [3.8, 4) is 0 Å². The van der Waals surface area contributed by atoms with E-state index >= 15 is 0 Å². The topological polar surface area (TPSA) is 111 Å². The van der Waals surface area contributed by atoms with Gasteiger partial charge in [0.05, 0.1) is 27.7 Å². The van der Waals surface area contributed by atoms with Gasteiger partial charge in [-0.15, -0.1) is 0 Å². The molecule has 0 aliphatic rings. The number of phosphoric acid groups is 1. The third kappa shape index (κ3) is 90.1. The number of quaternary nitrogens is 1. The first-order valence-electron chi connectivity index (χ1n) is 46.3. The fraction of sp³-hybridized carbons (Fsp3) is 0.833. The van der Waals surface area contributed by atoms with E-state index in [1.54, 1.807) is 0 Å². The van der Waals surface area contributed by atoms with Crippen molar-refractivity contribution in [2.45, 2.75) is 469 Å². The van der Waals surface area contributed by atoms with E-state index in [1.165, 1.54) is 347 Å². The van der Waals surface area contributed by atoms with Crippen LogP contribution in [0.1, 0.15) is 463 Å². The van der Waals surface area contributed by atoms with E-state index in [0.29, 0.717) is 17.4 Å². The first-order valence-corrected chi connectivity index (χ1v) is 47.8. The Morgan fingerprint density at radius 3 is 0.802 bits per heavy atom. The number of hydrogen-bond acceptors (Lipinski definition) is 8. The number of esters is 2. The van der Waals surface area contributed by atoms with Crippen molar-refractivity contribution in [1.29, 1.82) is 0 Å². The van der Waals surface area contributed by atoms with Gasteiger partial charge in [-0.3, -0.25) is 14.2 Å². The minimum Gasteiger partial charge on any atom is -0.756 e. The molecule has 0 saturated carbocycles. The number of rotatable bonds is 87. The maximum absolute atomic E-state index is 12.9. The number of hydrogen-bond donors (Lipinski definition) is 0. The SMILES string of the molecule is CC/C=C\C/C=C\C/C=C\C/C=C\C/C=C\C/C=C\C/C=C\CCCCCCCCCCCCCCCCCCCCCC(=O)OC(COC(=O)CCCCCCCCCCCCCCCCCCCCCCCCCCCCCCCCCCCCCCCCCCC)COP(=O)([O-])OCC[N+](C)(C)C.